The van der Waals surface area contributed by atoms with E-state index in [2.05, 4.69) is 10.3 Å². The molecule has 1 N–H and O–H groups in total. The zero-order chi connectivity index (χ0) is 11.6. The molecule has 7 heteroatoms. The first-order valence-corrected chi connectivity index (χ1v) is 4.19. The highest BCUT2D eigenvalue weighted by Crippen LogP contribution is 2.34. The second kappa shape index (κ2) is 4.06. The molecule has 0 unspecified atom stereocenters. The van der Waals surface area contributed by atoms with Crippen molar-refractivity contribution in [2.45, 2.75) is 13.1 Å². The number of anilines is 1. The number of nitrogens with one attached hydrogen (secondary N) is 1. The fourth-order valence-corrected chi connectivity index (χ4v) is 1.13. The molecular formula is C8H6ClF3N2O. The van der Waals surface area contributed by atoms with Crippen molar-refractivity contribution in [1.82, 2.24) is 4.98 Å². The van der Waals surface area contributed by atoms with Crippen LogP contribution >= 0.6 is 11.6 Å². The third kappa shape index (κ3) is 3.09. The summed E-state index contributed by atoms with van der Waals surface area (Å²) in [7, 11) is 0. The highest BCUT2D eigenvalue weighted by Gasteiger charge is 2.34. The van der Waals surface area contributed by atoms with E-state index in [0.29, 0.717) is 0 Å². The molecule has 0 saturated carbocycles. The molecule has 1 heterocycles. The average molecular weight is 239 g/mol. The van der Waals surface area contributed by atoms with Crippen molar-refractivity contribution >= 4 is 23.2 Å². The van der Waals surface area contributed by atoms with E-state index in [-0.39, 0.29) is 5.69 Å². The van der Waals surface area contributed by atoms with Crippen LogP contribution in [0.1, 0.15) is 12.5 Å². The number of hydrogen-bond acceptors (Lipinski definition) is 2. The summed E-state index contributed by atoms with van der Waals surface area (Å²) < 4.78 is 37.0. The third-order valence-corrected chi connectivity index (χ3v) is 1.77. The normalized spacial score (nSPS) is 11.3. The van der Waals surface area contributed by atoms with Crippen molar-refractivity contribution in [2.75, 3.05) is 5.32 Å². The van der Waals surface area contributed by atoms with Crippen LogP contribution in [0.2, 0.25) is 5.15 Å². The average Bonchev–Trinajstić information content (AvgIpc) is 2.05. The Balaban J connectivity index is 3.11. The first-order chi connectivity index (χ1) is 6.80. The monoisotopic (exact) mass is 238 g/mol. The highest BCUT2D eigenvalue weighted by atomic mass is 35.5. The molecule has 3 nitrogen and oxygen atoms in total. The van der Waals surface area contributed by atoms with Gasteiger partial charge in [-0.1, -0.05) is 11.6 Å². The summed E-state index contributed by atoms with van der Waals surface area (Å²) in [5.41, 5.74) is -1.12. The van der Waals surface area contributed by atoms with Crippen LogP contribution in [0.5, 0.6) is 0 Å². The van der Waals surface area contributed by atoms with Gasteiger partial charge in [0, 0.05) is 6.92 Å². The van der Waals surface area contributed by atoms with Gasteiger partial charge in [-0.05, 0) is 6.07 Å². The van der Waals surface area contributed by atoms with E-state index in [0.717, 1.165) is 12.3 Å². The molecule has 1 aromatic rings. The molecule has 0 spiro atoms. The van der Waals surface area contributed by atoms with E-state index in [1.54, 1.807) is 0 Å². The smallest absolute Gasteiger partial charge is 0.325 e. The van der Waals surface area contributed by atoms with Crippen LogP contribution in [0, 0.1) is 0 Å². The lowest BCUT2D eigenvalue weighted by atomic mass is 10.2. The molecule has 0 bridgehead atoms. The molecule has 1 rings (SSSR count). The van der Waals surface area contributed by atoms with Crippen molar-refractivity contribution in [3.63, 3.8) is 0 Å². The number of hydrogen-bond donors (Lipinski definition) is 1. The van der Waals surface area contributed by atoms with E-state index in [4.69, 9.17) is 11.6 Å². The summed E-state index contributed by atoms with van der Waals surface area (Å²) >= 11 is 5.27. The second-order valence-electron chi connectivity index (χ2n) is 2.74. The zero-order valence-corrected chi connectivity index (χ0v) is 8.28. The molecule has 1 amide bonds. The lowest BCUT2D eigenvalue weighted by Crippen LogP contribution is -2.11. The number of carbonyl (C=O) groups is 1. The van der Waals surface area contributed by atoms with Crippen LogP contribution in [0.25, 0.3) is 0 Å². The zero-order valence-electron chi connectivity index (χ0n) is 7.52. The van der Waals surface area contributed by atoms with Gasteiger partial charge in [-0.25, -0.2) is 4.98 Å². The van der Waals surface area contributed by atoms with E-state index in [1.165, 1.54) is 6.92 Å². The van der Waals surface area contributed by atoms with Gasteiger partial charge in [-0.2, -0.15) is 13.2 Å². The molecule has 0 saturated heterocycles. The van der Waals surface area contributed by atoms with Crippen molar-refractivity contribution < 1.29 is 18.0 Å². The molecule has 0 aromatic carbocycles. The van der Waals surface area contributed by atoms with E-state index < -0.39 is 22.8 Å². The van der Waals surface area contributed by atoms with Gasteiger partial charge >= 0.3 is 6.18 Å². The maximum Gasteiger partial charge on any atom is 0.419 e. The van der Waals surface area contributed by atoms with Crippen LogP contribution in [-0.4, -0.2) is 10.9 Å². The van der Waals surface area contributed by atoms with Gasteiger partial charge in [0.15, 0.2) is 0 Å². The molecule has 1 aromatic heterocycles. The van der Waals surface area contributed by atoms with Gasteiger partial charge in [0.1, 0.15) is 5.15 Å². The minimum absolute atomic E-state index is 0.0424. The highest BCUT2D eigenvalue weighted by molar-refractivity contribution is 6.30. The maximum absolute atomic E-state index is 12.3. The molecule has 0 aliphatic heterocycles. The Hall–Kier alpha value is -1.30. The molecule has 0 aliphatic rings. The standard InChI is InChI=1S/C8H6ClF3N2O/c1-4(15)14-5-2-6(8(10,11)12)7(9)13-3-5/h2-3H,1H3,(H,14,15). The molecule has 82 valence electrons. The SMILES string of the molecule is CC(=O)Nc1cnc(Cl)c(C(F)(F)F)c1. The van der Waals surface area contributed by atoms with Crippen molar-refractivity contribution in [2.24, 2.45) is 0 Å². The van der Waals surface area contributed by atoms with Gasteiger partial charge in [0.05, 0.1) is 17.4 Å². The maximum atomic E-state index is 12.3. The molecule has 0 atom stereocenters. The number of amides is 1. The molecular weight excluding hydrogens is 233 g/mol. The quantitative estimate of drug-likeness (QED) is 0.765. The molecule has 0 radical (unpaired) electrons. The largest absolute Gasteiger partial charge is 0.419 e. The summed E-state index contributed by atoms with van der Waals surface area (Å²) in [6.45, 7) is 1.18. The summed E-state index contributed by atoms with van der Waals surface area (Å²) in [4.78, 5) is 13.9. The van der Waals surface area contributed by atoms with Gasteiger partial charge in [-0.15, -0.1) is 0 Å². The van der Waals surface area contributed by atoms with Crippen LogP contribution in [0.3, 0.4) is 0 Å². The van der Waals surface area contributed by atoms with E-state index >= 15 is 0 Å². The van der Waals surface area contributed by atoms with Crippen LogP contribution < -0.4 is 5.32 Å². The van der Waals surface area contributed by atoms with Crippen LogP contribution in [0.4, 0.5) is 18.9 Å². The predicted octanol–water partition coefficient (Wildman–Crippen LogP) is 2.71. The number of alkyl halides is 3. The number of rotatable bonds is 1. The van der Waals surface area contributed by atoms with Crippen molar-refractivity contribution in [3.05, 3.63) is 23.0 Å². The van der Waals surface area contributed by atoms with Crippen molar-refractivity contribution in [3.8, 4) is 0 Å². The number of nitrogens with zero attached hydrogens (tertiary/aromatic N) is 1. The summed E-state index contributed by atoms with van der Waals surface area (Å²) in [6.07, 6.45) is -3.53. The third-order valence-electron chi connectivity index (χ3n) is 1.46. The summed E-state index contributed by atoms with van der Waals surface area (Å²) in [6, 6.07) is 0.733. The van der Waals surface area contributed by atoms with E-state index in [1.807, 2.05) is 0 Å². The van der Waals surface area contributed by atoms with E-state index in [9.17, 15) is 18.0 Å². The Kier molecular flexibility index (Phi) is 3.18. The lowest BCUT2D eigenvalue weighted by molar-refractivity contribution is -0.137. The Morgan fingerprint density at radius 3 is 2.60 bits per heavy atom. The topological polar surface area (TPSA) is 42.0 Å². The first kappa shape index (κ1) is 11.8. The summed E-state index contributed by atoms with van der Waals surface area (Å²) in [5.74, 6) is -0.479. The Labute approximate surface area is 88.3 Å². The fraction of sp³-hybridized carbons (Fsp3) is 0.250. The molecule has 15 heavy (non-hydrogen) atoms. The number of halogens is 4. The van der Waals surface area contributed by atoms with Gasteiger partial charge in [-0.3, -0.25) is 4.79 Å². The van der Waals surface area contributed by atoms with Gasteiger partial charge in [0.2, 0.25) is 5.91 Å². The van der Waals surface area contributed by atoms with Crippen LogP contribution in [0.15, 0.2) is 12.3 Å². The number of pyridine rings is 1. The first-order valence-electron chi connectivity index (χ1n) is 3.81. The predicted molar refractivity (Wildman–Crippen MR) is 48.6 cm³/mol. The molecule has 0 aliphatic carbocycles. The van der Waals surface area contributed by atoms with Gasteiger partial charge in [0.25, 0.3) is 0 Å². The summed E-state index contributed by atoms with van der Waals surface area (Å²) in [5, 5.41) is 1.54. The van der Waals surface area contributed by atoms with Crippen molar-refractivity contribution in [1.29, 1.82) is 0 Å². The molecule has 0 fully saturated rings. The minimum atomic E-state index is -4.58. The Morgan fingerprint density at radius 2 is 2.13 bits per heavy atom. The number of aromatic nitrogens is 1. The number of carbonyl (C=O) groups excluding carboxylic acids is 1. The Morgan fingerprint density at radius 1 is 1.53 bits per heavy atom. The Bertz CT molecular complexity index is 392. The van der Waals surface area contributed by atoms with Crippen LogP contribution in [-0.2, 0) is 11.0 Å². The second-order valence-corrected chi connectivity index (χ2v) is 3.10. The fourth-order valence-electron chi connectivity index (χ4n) is 0.918. The lowest BCUT2D eigenvalue weighted by Gasteiger charge is -2.09. The van der Waals surface area contributed by atoms with Gasteiger partial charge < -0.3 is 5.32 Å². The minimum Gasteiger partial charge on any atom is -0.325 e.